The smallest absolute Gasteiger partial charge is 0.264 e. The Balaban J connectivity index is 1.67. The van der Waals surface area contributed by atoms with E-state index in [9.17, 15) is 13.2 Å². The molecular formula is C25H25ClN2O5S. The molecule has 0 aliphatic carbocycles. The van der Waals surface area contributed by atoms with Crippen molar-refractivity contribution in [1.29, 1.82) is 0 Å². The molecule has 0 fully saturated rings. The molecule has 0 spiro atoms. The molecule has 0 saturated carbocycles. The first-order chi connectivity index (χ1) is 16.3. The topological polar surface area (TPSA) is 76.2 Å². The number of halogens is 1. The average Bonchev–Trinajstić information content (AvgIpc) is 2.86. The summed E-state index contributed by atoms with van der Waals surface area (Å²) in [4.78, 5) is 15.0. The Morgan fingerprint density at radius 3 is 2.32 bits per heavy atom. The van der Waals surface area contributed by atoms with Crippen molar-refractivity contribution < 1.29 is 22.7 Å². The fourth-order valence-electron chi connectivity index (χ4n) is 3.96. The van der Waals surface area contributed by atoms with Gasteiger partial charge in [-0.15, -0.1) is 0 Å². The highest BCUT2D eigenvalue weighted by Gasteiger charge is 2.31. The third-order valence-corrected chi connectivity index (χ3v) is 7.84. The molecule has 0 saturated heterocycles. The summed E-state index contributed by atoms with van der Waals surface area (Å²) in [5.74, 6) is 0.398. The summed E-state index contributed by atoms with van der Waals surface area (Å²) < 4.78 is 39.1. The Kier molecular flexibility index (Phi) is 7.00. The monoisotopic (exact) mass is 500 g/mol. The molecule has 7 nitrogen and oxygen atoms in total. The molecule has 3 aromatic carbocycles. The van der Waals surface area contributed by atoms with Crippen LogP contribution in [0.1, 0.15) is 11.1 Å². The number of sulfonamides is 1. The van der Waals surface area contributed by atoms with Crippen LogP contribution >= 0.6 is 11.6 Å². The van der Waals surface area contributed by atoms with Crippen LogP contribution in [0.25, 0.3) is 0 Å². The summed E-state index contributed by atoms with van der Waals surface area (Å²) in [5, 5.41) is 0.464. The summed E-state index contributed by atoms with van der Waals surface area (Å²) in [7, 11) is -1.20. The van der Waals surface area contributed by atoms with Gasteiger partial charge in [0.2, 0.25) is 5.91 Å². The van der Waals surface area contributed by atoms with Crippen LogP contribution < -0.4 is 13.8 Å². The number of benzene rings is 3. The molecule has 1 aliphatic heterocycles. The van der Waals surface area contributed by atoms with Gasteiger partial charge in [0, 0.05) is 24.2 Å². The van der Waals surface area contributed by atoms with Crippen molar-refractivity contribution in [3.8, 4) is 11.5 Å². The summed E-state index contributed by atoms with van der Waals surface area (Å²) in [5.41, 5.74) is 2.62. The average molecular weight is 501 g/mol. The van der Waals surface area contributed by atoms with E-state index in [0.29, 0.717) is 29.5 Å². The molecule has 0 aromatic heterocycles. The second-order valence-electron chi connectivity index (χ2n) is 7.84. The van der Waals surface area contributed by atoms with Crippen LogP contribution in [0.3, 0.4) is 0 Å². The normalized spacial score (nSPS) is 13.2. The minimum atomic E-state index is -4.11. The summed E-state index contributed by atoms with van der Waals surface area (Å²) in [6.07, 6.45) is 0.727. The Morgan fingerprint density at radius 1 is 0.971 bits per heavy atom. The van der Waals surface area contributed by atoms with Gasteiger partial charge in [-0.2, -0.15) is 0 Å². The second kappa shape index (κ2) is 9.95. The van der Waals surface area contributed by atoms with Gasteiger partial charge in [-0.05, 0) is 53.9 Å². The number of ether oxygens (including phenoxy) is 2. The number of methoxy groups -OCH3 is 2. The number of carbonyl (C=O) groups is 1. The van der Waals surface area contributed by atoms with E-state index < -0.39 is 10.0 Å². The predicted octanol–water partition coefficient (Wildman–Crippen LogP) is 4.14. The fraction of sp³-hybridized carbons (Fsp3) is 0.240. The Bertz CT molecular complexity index is 1290. The van der Waals surface area contributed by atoms with Gasteiger partial charge in [0.15, 0.2) is 11.5 Å². The van der Waals surface area contributed by atoms with E-state index in [-0.39, 0.29) is 23.1 Å². The molecular weight excluding hydrogens is 476 g/mol. The van der Waals surface area contributed by atoms with Crippen molar-refractivity contribution in [2.45, 2.75) is 17.9 Å². The van der Waals surface area contributed by atoms with Crippen molar-refractivity contribution in [2.24, 2.45) is 0 Å². The molecule has 34 heavy (non-hydrogen) atoms. The summed E-state index contributed by atoms with van der Waals surface area (Å²) >= 11 is 6.02. The van der Waals surface area contributed by atoms with E-state index in [1.54, 1.807) is 29.2 Å². The maximum atomic E-state index is 13.7. The van der Waals surface area contributed by atoms with Gasteiger partial charge in [0.1, 0.15) is 6.54 Å². The van der Waals surface area contributed by atoms with Gasteiger partial charge in [-0.25, -0.2) is 8.42 Å². The first kappa shape index (κ1) is 23.9. The van der Waals surface area contributed by atoms with Crippen LogP contribution in [0, 0.1) is 0 Å². The lowest BCUT2D eigenvalue weighted by Gasteiger charge is -2.32. The number of nitrogens with zero attached hydrogens (tertiary/aromatic N) is 2. The molecule has 9 heteroatoms. The number of amides is 1. The van der Waals surface area contributed by atoms with Crippen LogP contribution in [0.4, 0.5) is 5.69 Å². The number of anilines is 1. The lowest BCUT2D eigenvalue weighted by atomic mass is 10.00. The van der Waals surface area contributed by atoms with Gasteiger partial charge >= 0.3 is 0 Å². The molecule has 1 aliphatic rings. The maximum Gasteiger partial charge on any atom is 0.264 e. The highest BCUT2D eigenvalue weighted by molar-refractivity contribution is 7.92. The van der Waals surface area contributed by atoms with Gasteiger partial charge in [-0.1, -0.05) is 35.9 Å². The first-order valence-electron chi connectivity index (χ1n) is 10.7. The van der Waals surface area contributed by atoms with E-state index in [4.69, 9.17) is 21.1 Å². The highest BCUT2D eigenvalue weighted by atomic mass is 35.5. The van der Waals surface area contributed by atoms with Crippen LogP contribution in [0.5, 0.6) is 11.5 Å². The predicted molar refractivity (Wildman–Crippen MR) is 131 cm³/mol. The van der Waals surface area contributed by atoms with E-state index >= 15 is 0 Å². The molecule has 1 heterocycles. The lowest BCUT2D eigenvalue weighted by Crippen LogP contribution is -2.44. The first-order valence-corrected chi connectivity index (χ1v) is 12.5. The molecule has 0 radical (unpaired) electrons. The van der Waals surface area contributed by atoms with Gasteiger partial charge in [0.25, 0.3) is 10.0 Å². The maximum absolute atomic E-state index is 13.7. The number of fused-ring (bicyclic) bond motifs is 1. The number of rotatable bonds is 7. The van der Waals surface area contributed by atoms with Gasteiger partial charge in [-0.3, -0.25) is 9.10 Å². The van der Waals surface area contributed by atoms with Crippen LogP contribution in [-0.4, -0.2) is 46.5 Å². The molecule has 0 N–H and O–H groups in total. The van der Waals surface area contributed by atoms with Crippen molar-refractivity contribution in [3.05, 3.63) is 82.9 Å². The third kappa shape index (κ3) is 4.83. The van der Waals surface area contributed by atoms with Gasteiger partial charge < -0.3 is 14.4 Å². The van der Waals surface area contributed by atoms with Crippen LogP contribution in [0.2, 0.25) is 5.02 Å². The van der Waals surface area contributed by atoms with E-state index in [1.165, 1.54) is 38.0 Å². The molecule has 1 amide bonds. The zero-order chi connectivity index (χ0) is 24.3. The minimum Gasteiger partial charge on any atom is -0.493 e. The highest BCUT2D eigenvalue weighted by Crippen LogP contribution is 2.32. The molecule has 0 bridgehead atoms. The summed E-state index contributed by atoms with van der Waals surface area (Å²) in [6.45, 7) is 0.626. The summed E-state index contributed by atoms with van der Waals surface area (Å²) in [6, 6.07) is 18.7. The number of hydrogen-bond acceptors (Lipinski definition) is 5. The molecule has 4 rings (SSSR count). The largest absolute Gasteiger partial charge is 0.493 e. The van der Waals surface area contributed by atoms with Crippen molar-refractivity contribution in [2.75, 3.05) is 31.6 Å². The Morgan fingerprint density at radius 2 is 1.65 bits per heavy atom. The SMILES string of the molecule is COc1ccc(S(=O)(=O)N(CC(=O)N2CCc3ccccc3C2)c2ccc(Cl)cc2)cc1OC. The minimum absolute atomic E-state index is 0.0168. The van der Waals surface area contributed by atoms with Crippen LogP contribution in [-0.2, 0) is 27.8 Å². The lowest BCUT2D eigenvalue weighted by molar-refractivity contribution is -0.130. The van der Waals surface area contributed by atoms with E-state index in [1.807, 2.05) is 18.2 Å². The zero-order valence-corrected chi connectivity index (χ0v) is 20.5. The van der Waals surface area contributed by atoms with Crippen molar-refractivity contribution >= 4 is 33.2 Å². The third-order valence-electron chi connectivity index (χ3n) is 5.82. The van der Waals surface area contributed by atoms with E-state index in [0.717, 1.165) is 16.3 Å². The molecule has 178 valence electrons. The molecule has 0 atom stereocenters. The Labute approximate surface area is 204 Å². The fourth-order valence-corrected chi connectivity index (χ4v) is 5.51. The quantitative estimate of drug-likeness (QED) is 0.487. The Hall–Kier alpha value is -3.23. The van der Waals surface area contributed by atoms with Gasteiger partial charge in [0.05, 0.1) is 24.8 Å². The van der Waals surface area contributed by atoms with Crippen molar-refractivity contribution in [3.63, 3.8) is 0 Å². The standard InChI is InChI=1S/C25H25ClN2O5S/c1-32-23-12-11-22(15-24(23)33-2)34(30,31)28(21-9-7-20(26)8-10-21)17-25(29)27-14-13-18-5-3-4-6-19(18)16-27/h3-12,15H,13-14,16-17H2,1-2H3. The molecule has 3 aromatic rings. The van der Waals surface area contributed by atoms with Crippen LogP contribution in [0.15, 0.2) is 71.6 Å². The number of hydrogen-bond donors (Lipinski definition) is 0. The van der Waals surface area contributed by atoms with E-state index in [2.05, 4.69) is 6.07 Å². The van der Waals surface area contributed by atoms with Crippen molar-refractivity contribution in [1.82, 2.24) is 4.90 Å². The molecule has 0 unspecified atom stereocenters. The zero-order valence-electron chi connectivity index (χ0n) is 18.9. The second-order valence-corrected chi connectivity index (χ2v) is 10.1. The number of carbonyl (C=O) groups excluding carboxylic acids is 1.